The molecule has 4 rings (SSSR count). The van der Waals surface area contributed by atoms with Gasteiger partial charge in [0.2, 0.25) is 5.91 Å². The van der Waals surface area contributed by atoms with E-state index < -0.39 is 11.5 Å². The standard InChI is InChI=1S/C21H19ClN4O4S2/c1-2-30-20(29)16-13-4-3-5-14(13)32-19(16)23-15(27)10-31-21-24-18(28)17(25-26-21)11-6-8-12(22)9-7-11/h6-9H,2-5,10H2,1H3,(H,23,27)(H,24,26,28). The van der Waals surface area contributed by atoms with Crippen molar-refractivity contribution in [2.24, 2.45) is 0 Å². The SMILES string of the molecule is CCOC(=O)c1c(NC(=O)CSc2nnc(-c3ccc(Cl)cc3)c(=O)[nH]2)sc2c1CCC2. The third-order valence-electron chi connectivity index (χ3n) is 4.79. The average molecular weight is 491 g/mol. The molecule has 2 N–H and O–H groups in total. The smallest absolute Gasteiger partial charge is 0.341 e. The Morgan fingerprint density at radius 3 is 2.75 bits per heavy atom. The highest BCUT2D eigenvalue weighted by Crippen LogP contribution is 2.39. The number of aromatic amines is 1. The van der Waals surface area contributed by atoms with E-state index in [4.69, 9.17) is 16.3 Å². The molecule has 0 atom stereocenters. The topological polar surface area (TPSA) is 114 Å². The van der Waals surface area contributed by atoms with Gasteiger partial charge in [0.15, 0.2) is 10.9 Å². The summed E-state index contributed by atoms with van der Waals surface area (Å²) in [7, 11) is 0. The molecule has 1 aliphatic carbocycles. The van der Waals surface area contributed by atoms with Gasteiger partial charge in [-0.3, -0.25) is 14.6 Å². The second-order valence-electron chi connectivity index (χ2n) is 6.93. The van der Waals surface area contributed by atoms with E-state index in [0.29, 0.717) is 21.2 Å². The van der Waals surface area contributed by atoms with E-state index >= 15 is 0 Å². The summed E-state index contributed by atoms with van der Waals surface area (Å²) in [6.07, 6.45) is 2.70. The molecule has 2 aromatic heterocycles. The van der Waals surface area contributed by atoms with Crippen LogP contribution in [0.25, 0.3) is 11.3 Å². The van der Waals surface area contributed by atoms with Crippen LogP contribution in [0.3, 0.4) is 0 Å². The third kappa shape index (κ3) is 4.87. The zero-order chi connectivity index (χ0) is 22.7. The van der Waals surface area contributed by atoms with Gasteiger partial charge in [-0.25, -0.2) is 4.79 Å². The number of rotatable bonds is 7. The Morgan fingerprint density at radius 2 is 2.03 bits per heavy atom. The molecular formula is C21H19ClN4O4S2. The lowest BCUT2D eigenvalue weighted by atomic mass is 10.1. The van der Waals surface area contributed by atoms with Gasteiger partial charge < -0.3 is 10.1 Å². The van der Waals surface area contributed by atoms with Crippen LogP contribution < -0.4 is 10.9 Å². The van der Waals surface area contributed by atoms with Crippen LogP contribution in [-0.4, -0.2) is 39.4 Å². The van der Waals surface area contributed by atoms with Crippen LogP contribution in [0.15, 0.2) is 34.2 Å². The second kappa shape index (κ2) is 9.85. The molecule has 1 aromatic carbocycles. The number of nitrogens with one attached hydrogen (secondary N) is 2. The molecule has 11 heteroatoms. The number of aromatic nitrogens is 3. The van der Waals surface area contributed by atoms with Gasteiger partial charge >= 0.3 is 5.97 Å². The summed E-state index contributed by atoms with van der Waals surface area (Å²) < 4.78 is 5.18. The fourth-order valence-electron chi connectivity index (χ4n) is 3.39. The molecule has 0 radical (unpaired) electrons. The fourth-order valence-corrected chi connectivity index (χ4v) is 5.41. The number of nitrogens with zero attached hydrogens (tertiary/aromatic N) is 2. The summed E-state index contributed by atoms with van der Waals surface area (Å²) in [6, 6.07) is 6.69. The van der Waals surface area contributed by atoms with E-state index in [-0.39, 0.29) is 29.1 Å². The minimum Gasteiger partial charge on any atom is -0.462 e. The van der Waals surface area contributed by atoms with Gasteiger partial charge in [-0.15, -0.1) is 21.5 Å². The van der Waals surface area contributed by atoms with Crippen molar-refractivity contribution in [3.05, 3.63) is 55.6 Å². The Balaban J connectivity index is 1.43. The minimum atomic E-state index is -0.414. The van der Waals surface area contributed by atoms with Crippen molar-refractivity contribution in [1.29, 1.82) is 0 Å². The number of amides is 1. The summed E-state index contributed by atoms with van der Waals surface area (Å²) in [5, 5.41) is 12.1. The first-order valence-electron chi connectivity index (χ1n) is 9.93. The highest BCUT2D eigenvalue weighted by atomic mass is 35.5. The number of halogens is 1. The largest absolute Gasteiger partial charge is 0.462 e. The van der Waals surface area contributed by atoms with Crippen LogP contribution in [0.4, 0.5) is 5.00 Å². The lowest BCUT2D eigenvalue weighted by Crippen LogP contribution is -2.18. The molecule has 0 saturated heterocycles. The van der Waals surface area contributed by atoms with Crippen LogP contribution in [0.2, 0.25) is 5.02 Å². The van der Waals surface area contributed by atoms with Gasteiger partial charge in [-0.2, -0.15) is 0 Å². The van der Waals surface area contributed by atoms with Crippen molar-refractivity contribution in [2.45, 2.75) is 31.3 Å². The van der Waals surface area contributed by atoms with Gasteiger partial charge in [-0.1, -0.05) is 35.5 Å². The average Bonchev–Trinajstić information content (AvgIpc) is 3.34. The number of carbonyl (C=O) groups is 2. The summed E-state index contributed by atoms with van der Waals surface area (Å²) in [5.74, 6) is -0.733. The Bertz CT molecular complexity index is 1220. The summed E-state index contributed by atoms with van der Waals surface area (Å²) in [4.78, 5) is 41.1. The van der Waals surface area contributed by atoms with Crippen molar-refractivity contribution in [1.82, 2.24) is 15.2 Å². The van der Waals surface area contributed by atoms with Gasteiger partial charge in [0.25, 0.3) is 5.56 Å². The molecule has 0 bridgehead atoms. The first kappa shape index (κ1) is 22.5. The number of H-pyrrole nitrogens is 1. The van der Waals surface area contributed by atoms with E-state index in [2.05, 4.69) is 20.5 Å². The Kier molecular flexibility index (Phi) is 6.92. The quantitative estimate of drug-likeness (QED) is 0.380. The number of thioether (sulfide) groups is 1. The molecule has 8 nitrogen and oxygen atoms in total. The van der Waals surface area contributed by atoms with Crippen LogP contribution in [0, 0.1) is 0 Å². The maximum Gasteiger partial charge on any atom is 0.341 e. The van der Waals surface area contributed by atoms with Crippen molar-refractivity contribution >= 4 is 51.6 Å². The number of anilines is 1. The maximum absolute atomic E-state index is 12.5. The van der Waals surface area contributed by atoms with Crippen LogP contribution in [0.5, 0.6) is 0 Å². The molecule has 1 amide bonds. The van der Waals surface area contributed by atoms with Gasteiger partial charge in [-0.05, 0) is 43.9 Å². The number of ether oxygens (including phenoxy) is 1. The molecule has 3 aromatic rings. The lowest BCUT2D eigenvalue weighted by molar-refractivity contribution is -0.113. The zero-order valence-corrected chi connectivity index (χ0v) is 19.5. The van der Waals surface area contributed by atoms with E-state index in [1.807, 2.05) is 0 Å². The molecule has 0 unspecified atom stereocenters. The fraction of sp³-hybridized carbons (Fsp3) is 0.286. The van der Waals surface area contributed by atoms with Crippen molar-refractivity contribution in [3.63, 3.8) is 0 Å². The molecule has 2 heterocycles. The Labute approximate surface area is 196 Å². The molecule has 0 fully saturated rings. The summed E-state index contributed by atoms with van der Waals surface area (Å²) >= 11 is 8.34. The number of carbonyl (C=O) groups excluding carboxylic acids is 2. The molecule has 0 saturated carbocycles. The number of hydrogen-bond acceptors (Lipinski definition) is 8. The predicted molar refractivity (Wildman–Crippen MR) is 125 cm³/mol. The molecule has 166 valence electrons. The molecule has 0 spiro atoms. The number of thiophene rings is 1. The predicted octanol–water partition coefficient (Wildman–Crippen LogP) is 3.94. The molecule has 1 aliphatic rings. The number of hydrogen-bond donors (Lipinski definition) is 2. The van der Waals surface area contributed by atoms with Crippen molar-refractivity contribution in [3.8, 4) is 11.3 Å². The monoisotopic (exact) mass is 490 g/mol. The number of fused-ring (bicyclic) bond motifs is 1. The maximum atomic E-state index is 12.5. The number of esters is 1. The van der Waals surface area contributed by atoms with Crippen LogP contribution >= 0.6 is 34.7 Å². The van der Waals surface area contributed by atoms with Gasteiger partial charge in [0.1, 0.15) is 5.00 Å². The normalized spacial score (nSPS) is 12.4. The Morgan fingerprint density at radius 1 is 1.25 bits per heavy atom. The summed E-state index contributed by atoms with van der Waals surface area (Å²) in [6.45, 7) is 2.02. The van der Waals surface area contributed by atoms with Crippen molar-refractivity contribution in [2.75, 3.05) is 17.7 Å². The zero-order valence-electron chi connectivity index (χ0n) is 17.1. The van der Waals surface area contributed by atoms with Crippen LogP contribution in [-0.2, 0) is 22.4 Å². The van der Waals surface area contributed by atoms with Gasteiger partial charge in [0, 0.05) is 15.5 Å². The molecule has 32 heavy (non-hydrogen) atoms. The first-order valence-corrected chi connectivity index (χ1v) is 12.1. The Hall–Kier alpha value is -2.69. The first-order chi connectivity index (χ1) is 15.5. The van der Waals surface area contributed by atoms with E-state index in [1.54, 1.807) is 31.2 Å². The van der Waals surface area contributed by atoms with Crippen LogP contribution in [0.1, 0.15) is 34.1 Å². The highest BCUT2D eigenvalue weighted by molar-refractivity contribution is 7.99. The highest BCUT2D eigenvalue weighted by Gasteiger charge is 2.28. The second-order valence-corrected chi connectivity index (χ2v) is 9.44. The van der Waals surface area contributed by atoms with Gasteiger partial charge in [0.05, 0.1) is 17.9 Å². The van der Waals surface area contributed by atoms with Crippen molar-refractivity contribution < 1.29 is 14.3 Å². The third-order valence-corrected chi connectivity index (χ3v) is 7.11. The molecule has 0 aliphatic heterocycles. The molecular weight excluding hydrogens is 472 g/mol. The van der Waals surface area contributed by atoms with E-state index in [9.17, 15) is 14.4 Å². The number of aryl methyl sites for hydroxylation is 1. The van der Waals surface area contributed by atoms with E-state index in [1.165, 1.54) is 11.3 Å². The lowest BCUT2D eigenvalue weighted by Gasteiger charge is -2.08. The summed E-state index contributed by atoms with van der Waals surface area (Å²) in [5.41, 5.74) is 1.79. The number of benzene rings is 1. The van der Waals surface area contributed by atoms with E-state index in [0.717, 1.165) is 41.5 Å². The minimum absolute atomic E-state index is 0.00422.